The third-order valence-corrected chi connectivity index (χ3v) is 7.62. The van der Waals surface area contributed by atoms with Crippen LogP contribution < -0.4 is 10.1 Å². The van der Waals surface area contributed by atoms with Crippen LogP contribution in [0.1, 0.15) is 23.3 Å². The Hall–Kier alpha value is -2.62. The van der Waals surface area contributed by atoms with E-state index in [2.05, 4.69) is 10.3 Å². The Morgan fingerprint density at radius 3 is 2.71 bits per heavy atom. The van der Waals surface area contributed by atoms with E-state index in [-0.39, 0.29) is 37.7 Å². The predicted octanol–water partition coefficient (Wildman–Crippen LogP) is 4.81. The minimum atomic E-state index is -2.49. The van der Waals surface area contributed by atoms with Crippen LogP contribution in [0, 0.1) is 12.8 Å². The van der Waals surface area contributed by atoms with Crippen molar-refractivity contribution < 1.29 is 23.1 Å². The molecule has 3 aromatic rings. The lowest BCUT2D eigenvalue weighted by Crippen LogP contribution is -2.31. The summed E-state index contributed by atoms with van der Waals surface area (Å²) in [5.74, 6) is -0.730. The number of halogens is 3. The summed E-state index contributed by atoms with van der Waals surface area (Å²) in [5.41, 5.74) is 2.96. The van der Waals surface area contributed by atoms with Crippen molar-refractivity contribution in [2.24, 2.45) is 5.92 Å². The molecule has 2 aliphatic heterocycles. The number of aryl methyl sites for hydroxylation is 1. The number of carbonyl (C=O) groups excluding carboxylic acids is 2. The number of fused-ring (bicyclic) bond motifs is 1. The van der Waals surface area contributed by atoms with Crippen LogP contribution in [0.5, 0.6) is 5.75 Å². The second-order valence-electron chi connectivity index (χ2n) is 8.57. The first-order valence-electron chi connectivity index (χ1n) is 11.0. The highest BCUT2D eigenvalue weighted by Crippen LogP contribution is 2.42. The number of imide groups is 1. The summed E-state index contributed by atoms with van der Waals surface area (Å²) < 4.78 is 34.1. The van der Waals surface area contributed by atoms with E-state index >= 15 is 0 Å². The van der Waals surface area contributed by atoms with Crippen LogP contribution >= 0.6 is 22.9 Å². The third-order valence-electron chi connectivity index (χ3n) is 6.26. The van der Waals surface area contributed by atoms with Gasteiger partial charge in [-0.2, -0.15) is 0 Å². The highest BCUT2D eigenvalue weighted by atomic mass is 35.5. The van der Waals surface area contributed by atoms with Gasteiger partial charge in [0, 0.05) is 53.2 Å². The molecule has 0 spiro atoms. The molecular weight excluding hydrogens is 484 g/mol. The third kappa shape index (κ3) is 4.28. The summed E-state index contributed by atoms with van der Waals surface area (Å²) in [7, 11) is 0. The summed E-state index contributed by atoms with van der Waals surface area (Å²) in [6.07, 6.45) is -1.00. The lowest BCUT2D eigenvalue weighted by atomic mass is 10.0. The van der Waals surface area contributed by atoms with Gasteiger partial charge >= 0.3 is 0 Å². The Morgan fingerprint density at radius 1 is 1.21 bits per heavy atom. The van der Waals surface area contributed by atoms with Gasteiger partial charge in [-0.3, -0.25) is 19.5 Å². The standard InChI is InChI=1S/C24H22ClF2N3O3S/c1-12-6-13(25)7-16(22(12)33-19-10-28-9-17(19)24(26)27)15-4-5-29-18-8-14(34-23(15)18)11-30-20(31)2-3-21(30)32/h4-8,17,19,24,28H,2-3,9-11H2,1H3/t17-,19+/m0/s1. The summed E-state index contributed by atoms with van der Waals surface area (Å²) in [6.45, 7) is 2.59. The summed E-state index contributed by atoms with van der Waals surface area (Å²) >= 11 is 7.83. The van der Waals surface area contributed by atoms with Gasteiger partial charge in [-0.25, -0.2) is 8.78 Å². The van der Waals surface area contributed by atoms with E-state index in [1.165, 1.54) is 16.2 Å². The van der Waals surface area contributed by atoms with Gasteiger partial charge in [0.05, 0.1) is 22.7 Å². The van der Waals surface area contributed by atoms with E-state index in [1.54, 1.807) is 18.3 Å². The van der Waals surface area contributed by atoms with Crippen molar-refractivity contribution in [1.29, 1.82) is 0 Å². The second-order valence-corrected chi connectivity index (χ2v) is 10.1. The molecule has 1 N–H and O–H groups in total. The Morgan fingerprint density at radius 2 is 1.97 bits per heavy atom. The summed E-state index contributed by atoms with van der Waals surface area (Å²) in [5, 5.41) is 3.49. The summed E-state index contributed by atoms with van der Waals surface area (Å²) in [6, 6.07) is 7.23. The van der Waals surface area contributed by atoms with Crippen molar-refractivity contribution in [2.45, 2.75) is 38.8 Å². The largest absolute Gasteiger partial charge is 0.488 e. The molecule has 0 bridgehead atoms. The number of thiophene rings is 1. The molecule has 178 valence electrons. The number of nitrogens with one attached hydrogen (secondary N) is 1. The van der Waals surface area contributed by atoms with Crippen LogP contribution in [0.2, 0.25) is 5.02 Å². The lowest BCUT2D eigenvalue weighted by Gasteiger charge is -2.23. The van der Waals surface area contributed by atoms with Crippen molar-refractivity contribution in [3.05, 3.63) is 45.9 Å². The molecule has 2 saturated heterocycles. The van der Waals surface area contributed by atoms with Gasteiger partial charge in [-0.15, -0.1) is 11.3 Å². The highest BCUT2D eigenvalue weighted by molar-refractivity contribution is 7.19. The number of pyridine rings is 1. The first kappa shape index (κ1) is 23.1. The molecule has 2 atom stereocenters. The maximum Gasteiger partial charge on any atom is 0.246 e. The smallest absolute Gasteiger partial charge is 0.246 e. The van der Waals surface area contributed by atoms with Crippen molar-refractivity contribution in [3.63, 3.8) is 0 Å². The number of nitrogens with zero attached hydrogens (tertiary/aromatic N) is 2. The number of amides is 2. The van der Waals surface area contributed by atoms with Crippen molar-refractivity contribution in [3.8, 4) is 16.9 Å². The molecule has 0 saturated carbocycles. The average Bonchev–Trinajstić information content (AvgIpc) is 3.50. The number of alkyl halides is 2. The molecule has 4 heterocycles. The molecule has 0 aliphatic carbocycles. The monoisotopic (exact) mass is 505 g/mol. The molecule has 2 aromatic heterocycles. The fraction of sp³-hybridized carbons (Fsp3) is 0.375. The Bertz CT molecular complexity index is 1270. The SMILES string of the molecule is Cc1cc(Cl)cc(-c2ccnc3cc(CN4C(=O)CCC4=O)sc23)c1O[C@@H]1CNC[C@@H]1C(F)F. The fourth-order valence-electron chi connectivity index (χ4n) is 4.53. The quantitative estimate of drug-likeness (QED) is 0.487. The number of hydrogen-bond donors (Lipinski definition) is 1. The van der Waals surface area contributed by atoms with Crippen LogP contribution in [-0.4, -0.2) is 47.3 Å². The molecule has 2 amide bonds. The molecule has 0 unspecified atom stereocenters. The minimum absolute atomic E-state index is 0.171. The van der Waals surface area contributed by atoms with Gasteiger partial charge < -0.3 is 10.1 Å². The highest BCUT2D eigenvalue weighted by Gasteiger charge is 2.36. The first-order chi connectivity index (χ1) is 16.3. The number of hydrogen-bond acceptors (Lipinski definition) is 6. The van der Waals surface area contributed by atoms with Gasteiger partial charge in [-0.1, -0.05) is 11.6 Å². The molecule has 10 heteroatoms. The van der Waals surface area contributed by atoms with Crippen LogP contribution in [0.4, 0.5) is 8.78 Å². The molecule has 2 aliphatic rings. The van der Waals surface area contributed by atoms with Gasteiger partial charge in [0.1, 0.15) is 11.9 Å². The number of likely N-dealkylation sites (tertiary alicyclic amines) is 1. The lowest BCUT2D eigenvalue weighted by molar-refractivity contribution is -0.138. The average molecular weight is 506 g/mol. The fourth-order valence-corrected chi connectivity index (χ4v) is 5.93. The molecule has 5 rings (SSSR count). The molecular formula is C24H22ClF2N3O3S. The number of carbonyl (C=O) groups is 2. The molecule has 34 heavy (non-hydrogen) atoms. The molecule has 6 nitrogen and oxygen atoms in total. The number of benzene rings is 1. The molecule has 1 aromatic carbocycles. The van der Waals surface area contributed by atoms with E-state index in [9.17, 15) is 18.4 Å². The van der Waals surface area contributed by atoms with E-state index in [0.717, 1.165) is 20.7 Å². The predicted molar refractivity (Wildman–Crippen MR) is 126 cm³/mol. The summed E-state index contributed by atoms with van der Waals surface area (Å²) in [4.78, 5) is 30.7. The van der Waals surface area contributed by atoms with E-state index < -0.39 is 18.4 Å². The van der Waals surface area contributed by atoms with Gasteiger partial charge in [-0.05, 0) is 36.8 Å². The topological polar surface area (TPSA) is 71.5 Å². The second kappa shape index (κ2) is 9.20. The van der Waals surface area contributed by atoms with Crippen molar-refractivity contribution >= 4 is 45.0 Å². The number of ether oxygens (including phenoxy) is 1. The van der Waals surface area contributed by atoms with Crippen LogP contribution in [0.3, 0.4) is 0 Å². The van der Waals surface area contributed by atoms with Crippen LogP contribution in [0.25, 0.3) is 21.3 Å². The van der Waals surface area contributed by atoms with Crippen molar-refractivity contribution in [2.75, 3.05) is 13.1 Å². The van der Waals surface area contributed by atoms with E-state index in [1.807, 2.05) is 19.1 Å². The maximum absolute atomic E-state index is 13.5. The number of rotatable bonds is 6. The Balaban J connectivity index is 1.55. The van der Waals surface area contributed by atoms with E-state index in [0.29, 0.717) is 28.4 Å². The van der Waals surface area contributed by atoms with Crippen molar-refractivity contribution in [1.82, 2.24) is 15.2 Å². The van der Waals surface area contributed by atoms with Gasteiger partial charge in [0.2, 0.25) is 18.2 Å². The first-order valence-corrected chi connectivity index (χ1v) is 12.2. The van der Waals surface area contributed by atoms with Gasteiger partial charge in [0.15, 0.2) is 0 Å². The molecule has 0 radical (unpaired) electrons. The number of aromatic nitrogens is 1. The van der Waals surface area contributed by atoms with Crippen LogP contribution in [0.15, 0.2) is 30.5 Å². The van der Waals surface area contributed by atoms with Crippen LogP contribution in [-0.2, 0) is 16.1 Å². The Labute approximate surface area is 203 Å². The normalized spacial score (nSPS) is 20.8. The zero-order chi connectivity index (χ0) is 24.0. The minimum Gasteiger partial charge on any atom is -0.488 e. The zero-order valence-electron chi connectivity index (χ0n) is 18.3. The zero-order valence-corrected chi connectivity index (χ0v) is 19.9. The molecule has 2 fully saturated rings. The Kier molecular flexibility index (Phi) is 6.26. The van der Waals surface area contributed by atoms with Gasteiger partial charge in [0.25, 0.3) is 0 Å². The van der Waals surface area contributed by atoms with E-state index in [4.69, 9.17) is 16.3 Å². The maximum atomic E-state index is 13.5.